The summed E-state index contributed by atoms with van der Waals surface area (Å²) in [6, 6.07) is 11.5. The number of nitrogens with one attached hydrogen (secondary N) is 1. The van der Waals surface area contributed by atoms with E-state index in [-0.39, 0.29) is 0 Å². The van der Waals surface area contributed by atoms with E-state index in [9.17, 15) is 0 Å². The zero-order valence-corrected chi connectivity index (χ0v) is 13.8. The highest BCUT2D eigenvalue weighted by Crippen LogP contribution is 2.29. The molecule has 1 aromatic heterocycles. The minimum Gasteiger partial charge on any atom is -0.310 e. The molecule has 2 rings (SSSR count). The summed E-state index contributed by atoms with van der Waals surface area (Å²) in [6.45, 7) is 9.95. The summed E-state index contributed by atoms with van der Waals surface area (Å²) in [5.74, 6) is 0. The van der Waals surface area contributed by atoms with Crippen molar-refractivity contribution in [2.75, 3.05) is 6.54 Å². The Hall–Kier alpha value is -1.12. The summed E-state index contributed by atoms with van der Waals surface area (Å²) < 4.78 is 0. The van der Waals surface area contributed by atoms with Gasteiger partial charge in [-0.05, 0) is 62.9 Å². The summed E-state index contributed by atoms with van der Waals surface area (Å²) in [5.41, 5.74) is 4.31. The summed E-state index contributed by atoms with van der Waals surface area (Å²) in [7, 11) is 0. The van der Waals surface area contributed by atoms with Crippen LogP contribution in [0.15, 0.2) is 30.3 Å². The van der Waals surface area contributed by atoms with Gasteiger partial charge in [-0.25, -0.2) is 0 Å². The SMILES string of the molecule is CCCNC(Cc1ccccc1C)c1cc(C)sc1C. The zero-order chi connectivity index (χ0) is 14.5. The van der Waals surface area contributed by atoms with Crippen LogP contribution in [0.5, 0.6) is 0 Å². The maximum absolute atomic E-state index is 3.72. The molecule has 0 aliphatic rings. The fourth-order valence-electron chi connectivity index (χ4n) is 2.67. The lowest BCUT2D eigenvalue weighted by Gasteiger charge is -2.20. The Balaban J connectivity index is 2.24. The molecule has 1 heterocycles. The quantitative estimate of drug-likeness (QED) is 0.792. The number of benzene rings is 1. The maximum Gasteiger partial charge on any atom is 0.0372 e. The molecule has 1 atom stereocenters. The van der Waals surface area contributed by atoms with Crippen LogP contribution in [0.4, 0.5) is 0 Å². The highest BCUT2D eigenvalue weighted by molar-refractivity contribution is 7.12. The first-order valence-corrected chi connectivity index (χ1v) is 8.28. The maximum atomic E-state index is 3.72. The Morgan fingerprint density at radius 1 is 1.15 bits per heavy atom. The van der Waals surface area contributed by atoms with Crippen LogP contribution in [0, 0.1) is 20.8 Å². The Morgan fingerprint density at radius 3 is 2.50 bits per heavy atom. The molecule has 0 spiro atoms. The highest BCUT2D eigenvalue weighted by Gasteiger charge is 2.16. The lowest BCUT2D eigenvalue weighted by molar-refractivity contribution is 0.528. The molecule has 0 fully saturated rings. The van der Waals surface area contributed by atoms with E-state index in [4.69, 9.17) is 0 Å². The molecule has 0 saturated heterocycles. The van der Waals surface area contributed by atoms with Gasteiger partial charge in [0.05, 0.1) is 0 Å². The lowest BCUT2D eigenvalue weighted by atomic mass is 9.96. The smallest absolute Gasteiger partial charge is 0.0372 e. The van der Waals surface area contributed by atoms with Crippen molar-refractivity contribution in [3.05, 3.63) is 56.8 Å². The molecule has 1 N–H and O–H groups in total. The van der Waals surface area contributed by atoms with Crippen LogP contribution in [0.1, 0.15) is 45.8 Å². The van der Waals surface area contributed by atoms with Crippen molar-refractivity contribution in [3.63, 3.8) is 0 Å². The molecule has 20 heavy (non-hydrogen) atoms. The zero-order valence-electron chi connectivity index (χ0n) is 13.0. The van der Waals surface area contributed by atoms with E-state index in [2.05, 4.69) is 63.3 Å². The van der Waals surface area contributed by atoms with E-state index in [1.54, 1.807) is 0 Å². The van der Waals surface area contributed by atoms with Gasteiger partial charge >= 0.3 is 0 Å². The second-order valence-electron chi connectivity index (χ2n) is 5.51. The van der Waals surface area contributed by atoms with Gasteiger partial charge in [0.2, 0.25) is 0 Å². The Bertz CT molecular complexity index is 556. The summed E-state index contributed by atoms with van der Waals surface area (Å²) in [6.07, 6.45) is 2.25. The molecule has 2 aromatic rings. The third kappa shape index (κ3) is 3.71. The second kappa shape index (κ2) is 7.05. The molecule has 1 aromatic carbocycles. The van der Waals surface area contributed by atoms with Crippen molar-refractivity contribution in [3.8, 4) is 0 Å². The molecule has 0 aliphatic carbocycles. The molecule has 2 heteroatoms. The third-order valence-corrected chi connectivity index (χ3v) is 4.76. The topological polar surface area (TPSA) is 12.0 Å². The van der Waals surface area contributed by atoms with E-state index in [0.717, 1.165) is 13.0 Å². The average molecular weight is 287 g/mol. The minimum absolute atomic E-state index is 0.431. The molecule has 0 bridgehead atoms. The standard InChI is InChI=1S/C18H25NS/c1-5-10-19-18(17-11-14(3)20-15(17)4)12-16-9-7-6-8-13(16)2/h6-9,11,18-19H,5,10,12H2,1-4H3. The van der Waals surface area contributed by atoms with Crippen LogP contribution >= 0.6 is 11.3 Å². The van der Waals surface area contributed by atoms with Crippen LogP contribution in [0.25, 0.3) is 0 Å². The number of thiophene rings is 1. The Kier molecular flexibility index (Phi) is 5.38. The molecule has 1 unspecified atom stereocenters. The first kappa shape index (κ1) is 15.3. The third-order valence-electron chi connectivity index (χ3n) is 3.78. The lowest BCUT2D eigenvalue weighted by Crippen LogP contribution is -2.24. The van der Waals surface area contributed by atoms with Gasteiger partial charge in [-0.1, -0.05) is 31.2 Å². The van der Waals surface area contributed by atoms with Gasteiger partial charge in [0.1, 0.15) is 0 Å². The van der Waals surface area contributed by atoms with Crippen molar-refractivity contribution in [2.45, 2.75) is 46.6 Å². The van der Waals surface area contributed by atoms with E-state index >= 15 is 0 Å². The van der Waals surface area contributed by atoms with E-state index < -0.39 is 0 Å². The molecule has 0 radical (unpaired) electrons. The fraction of sp³-hybridized carbons (Fsp3) is 0.444. The molecule has 0 saturated carbocycles. The average Bonchev–Trinajstić information content (AvgIpc) is 2.75. The molecular weight excluding hydrogens is 262 g/mol. The van der Waals surface area contributed by atoms with E-state index in [1.165, 1.54) is 32.9 Å². The normalized spacial score (nSPS) is 12.6. The number of rotatable bonds is 6. The van der Waals surface area contributed by atoms with Crippen molar-refractivity contribution in [1.82, 2.24) is 5.32 Å². The molecule has 0 amide bonds. The predicted molar refractivity (Wildman–Crippen MR) is 89.7 cm³/mol. The van der Waals surface area contributed by atoms with Crippen molar-refractivity contribution >= 4 is 11.3 Å². The first-order valence-electron chi connectivity index (χ1n) is 7.46. The second-order valence-corrected chi connectivity index (χ2v) is 6.97. The Morgan fingerprint density at radius 2 is 1.90 bits per heavy atom. The minimum atomic E-state index is 0.431. The fourth-order valence-corrected chi connectivity index (χ4v) is 3.65. The van der Waals surface area contributed by atoms with Gasteiger partial charge < -0.3 is 5.32 Å². The van der Waals surface area contributed by atoms with Gasteiger partial charge in [0.25, 0.3) is 0 Å². The largest absolute Gasteiger partial charge is 0.310 e. The summed E-state index contributed by atoms with van der Waals surface area (Å²) in [5, 5.41) is 3.72. The molecular formula is C18H25NS. The van der Waals surface area contributed by atoms with Crippen molar-refractivity contribution < 1.29 is 0 Å². The van der Waals surface area contributed by atoms with Gasteiger partial charge in [0.15, 0.2) is 0 Å². The summed E-state index contributed by atoms with van der Waals surface area (Å²) >= 11 is 1.91. The predicted octanol–water partition coefficient (Wildman–Crippen LogP) is 4.96. The molecule has 0 aliphatic heterocycles. The van der Waals surface area contributed by atoms with Crippen LogP contribution in [0.2, 0.25) is 0 Å². The monoisotopic (exact) mass is 287 g/mol. The van der Waals surface area contributed by atoms with Gasteiger partial charge in [-0.3, -0.25) is 0 Å². The number of hydrogen-bond acceptors (Lipinski definition) is 2. The van der Waals surface area contributed by atoms with Crippen LogP contribution in [-0.2, 0) is 6.42 Å². The van der Waals surface area contributed by atoms with Gasteiger partial charge in [0, 0.05) is 15.8 Å². The van der Waals surface area contributed by atoms with E-state index in [1.807, 2.05) is 11.3 Å². The number of aryl methyl sites for hydroxylation is 3. The van der Waals surface area contributed by atoms with Crippen molar-refractivity contribution in [2.24, 2.45) is 0 Å². The van der Waals surface area contributed by atoms with E-state index in [0.29, 0.717) is 6.04 Å². The van der Waals surface area contributed by atoms with Gasteiger partial charge in [-0.2, -0.15) is 0 Å². The first-order chi connectivity index (χ1) is 9.61. The van der Waals surface area contributed by atoms with Crippen LogP contribution in [0.3, 0.4) is 0 Å². The van der Waals surface area contributed by atoms with Gasteiger partial charge in [-0.15, -0.1) is 11.3 Å². The van der Waals surface area contributed by atoms with Crippen LogP contribution < -0.4 is 5.32 Å². The summed E-state index contributed by atoms with van der Waals surface area (Å²) in [4.78, 5) is 2.86. The van der Waals surface area contributed by atoms with Crippen LogP contribution in [-0.4, -0.2) is 6.54 Å². The molecule has 108 valence electrons. The Labute approximate surface area is 127 Å². The van der Waals surface area contributed by atoms with Crippen molar-refractivity contribution in [1.29, 1.82) is 0 Å². The molecule has 1 nitrogen and oxygen atoms in total. The highest BCUT2D eigenvalue weighted by atomic mass is 32.1. The number of hydrogen-bond donors (Lipinski definition) is 1.